The van der Waals surface area contributed by atoms with Crippen molar-refractivity contribution in [2.24, 2.45) is 0 Å². The molecular weight excluding hydrogens is 218 g/mol. The van der Waals surface area contributed by atoms with Gasteiger partial charge in [0.05, 0.1) is 18.5 Å². The predicted octanol–water partition coefficient (Wildman–Crippen LogP) is 1.81. The van der Waals surface area contributed by atoms with E-state index in [2.05, 4.69) is 36.8 Å². The quantitative estimate of drug-likeness (QED) is 0.877. The first-order valence-corrected chi connectivity index (χ1v) is 6.70. The van der Waals surface area contributed by atoms with Crippen LogP contribution in [0.3, 0.4) is 0 Å². The van der Waals surface area contributed by atoms with Gasteiger partial charge in [-0.2, -0.15) is 4.98 Å². The lowest BCUT2D eigenvalue weighted by Crippen LogP contribution is -3.06. The fraction of sp³-hybridized carbons (Fsp3) is 0.500. The van der Waals surface area contributed by atoms with E-state index in [4.69, 9.17) is 0 Å². The molecule has 2 aromatic rings. The van der Waals surface area contributed by atoms with Crippen molar-refractivity contribution in [1.29, 1.82) is 0 Å². The Hall–Kier alpha value is -1.00. The zero-order valence-electron chi connectivity index (χ0n) is 10.1. The van der Waals surface area contributed by atoms with Crippen LogP contribution in [0.25, 0.3) is 10.2 Å². The molecule has 0 atom stereocenters. The fourth-order valence-corrected chi connectivity index (χ4v) is 2.88. The molecule has 0 spiro atoms. The molecular formula is C12H18N3S+. The van der Waals surface area contributed by atoms with E-state index in [1.807, 2.05) is 0 Å². The number of nitrogens with one attached hydrogen (secondary N) is 1. The van der Waals surface area contributed by atoms with E-state index in [1.54, 1.807) is 17.7 Å². The van der Waals surface area contributed by atoms with Gasteiger partial charge in [-0.15, -0.1) is 11.3 Å². The number of rotatable bonds is 4. The fourth-order valence-electron chi connectivity index (χ4n) is 1.95. The summed E-state index contributed by atoms with van der Waals surface area (Å²) < 4.78 is 0. The number of nitrogens with zero attached hydrogens (tertiary/aromatic N) is 2. The number of aromatic nitrogens is 2. The first kappa shape index (κ1) is 11.5. The van der Waals surface area contributed by atoms with E-state index in [9.17, 15) is 0 Å². The maximum Gasteiger partial charge on any atom is 0.237 e. The van der Waals surface area contributed by atoms with Crippen LogP contribution in [-0.2, 0) is 6.42 Å². The second kappa shape index (κ2) is 4.89. The van der Waals surface area contributed by atoms with E-state index in [0.717, 1.165) is 30.2 Å². The predicted molar refractivity (Wildman–Crippen MR) is 68.5 cm³/mol. The van der Waals surface area contributed by atoms with Crippen LogP contribution in [-0.4, -0.2) is 23.1 Å². The van der Waals surface area contributed by atoms with Crippen molar-refractivity contribution >= 4 is 27.4 Å². The van der Waals surface area contributed by atoms with E-state index in [-0.39, 0.29) is 0 Å². The molecule has 0 saturated heterocycles. The smallest absolute Gasteiger partial charge is 0.237 e. The second-order valence-electron chi connectivity index (χ2n) is 3.82. The SMILES string of the molecule is CCc1cc2c([NH+](CC)CC)ncnc2s1. The van der Waals surface area contributed by atoms with Crippen molar-refractivity contribution in [3.05, 3.63) is 17.3 Å². The zero-order valence-corrected chi connectivity index (χ0v) is 10.9. The third-order valence-electron chi connectivity index (χ3n) is 2.92. The van der Waals surface area contributed by atoms with Gasteiger partial charge < -0.3 is 0 Å². The number of hydrogen-bond donors (Lipinski definition) is 1. The van der Waals surface area contributed by atoms with Crippen molar-refractivity contribution in [2.75, 3.05) is 13.1 Å². The molecule has 2 rings (SSSR count). The van der Waals surface area contributed by atoms with Crippen LogP contribution in [0.4, 0.5) is 5.82 Å². The monoisotopic (exact) mass is 236 g/mol. The average molecular weight is 236 g/mol. The summed E-state index contributed by atoms with van der Waals surface area (Å²) in [6.07, 6.45) is 2.77. The van der Waals surface area contributed by atoms with E-state index in [1.165, 1.54) is 15.2 Å². The number of fused-ring (bicyclic) bond motifs is 1. The van der Waals surface area contributed by atoms with E-state index >= 15 is 0 Å². The van der Waals surface area contributed by atoms with Crippen LogP contribution >= 0.6 is 11.3 Å². The molecule has 1 N–H and O–H groups in total. The minimum absolute atomic E-state index is 1.07. The van der Waals surface area contributed by atoms with Crippen LogP contribution in [0, 0.1) is 0 Å². The Labute approximate surface area is 100 Å². The summed E-state index contributed by atoms with van der Waals surface area (Å²) in [6.45, 7) is 8.71. The first-order valence-electron chi connectivity index (χ1n) is 5.88. The Bertz CT molecular complexity index is 474. The molecule has 16 heavy (non-hydrogen) atoms. The highest BCUT2D eigenvalue weighted by molar-refractivity contribution is 7.18. The largest absolute Gasteiger partial charge is 0.286 e. The van der Waals surface area contributed by atoms with Gasteiger partial charge in [0.1, 0.15) is 11.2 Å². The summed E-state index contributed by atoms with van der Waals surface area (Å²) in [5, 5.41) is 1.24. The molecule has 0 saturated carbocycles. The normalized spacial score (nSPS) is 11.5. The molecule has 0 aliphatic rings. The molecule has 86 valence electrons. The molecule has 2 heterocycles. The van der Waals surface area contributed by atoms with Crippen LogP contribution in [0.2, 0.25) is 0 Å². The van der Waals surface area contributed by atoms with Gasteiger partial charge in [0, 0.05) is 4.88 Å². The summed E-state index contributed by atoms with van der Waals surface area (Å²) in [5.41, 5.74) is 0. The van der Waals surface area contributed by atoms with Crippen molar-refractivity contribution in [2.45, 2.75) is 27.2 Å². The molecule has 0 unspecified atom stereocenters. The minimum atomic E-state index is 1.07. The van der Waals surface area contributed by atoms with Gasteiger partial charge in [-0.25, -0.2) is 4.98 Å². The van der Waals surface area contributed by atoms with Crippen LogP contribution in [0.1, 0.15) is 25.6 Å². The third kappa shape index (κ3) is 1.95. The third-order valence-corrected chi connectivity index (χ3v) is 4.10. The Morgan fingerprint density at radius 1 is 1.19 bits per heavy atom. The summed E-state index contributed by atoms with van der Waals surface area (Å²) >= 11 is 1.79. The molecule has 0 aliphatic heterocycles. The summed E-state index contributed by atoms with van der Waals surface area (Å²) in [6, 6.07) is 2.25. The number of aryl methyl sites for hydroxylation is 1. The summed E-state index contributed by atoms with van der Waals surface area (Å²) in [7, 11) is 0. The molecule has 0 radical (unpaired) electrons. The Kier molecular flexibility index (Phi) is 3.51. The van der Waals surface area contributed by atoms with E-state index in [0.29, 0.717) is 0 Å². The molecule has 0 fully saturated rings. The average Bonchev–Trinajstić information content (AvgIpc) is 2.74. The number of quaternary nitrogens is 1. The Morgan fingerprint density at radius 2 is 1.94 bits per heavy atom. The molecule has 0 aromatic carbocycles. The summed E-state index contributed by atoms with van der Waals surface area (Å²) in [4.78, 5) is 12.8. The van der Waals surface area contributed by atoms with Crippen LogP contribution in [0.5, 0.6) is 0 Å². The van der Waals surface area contributed by atoms with Crippen molar-refractivity contribution in [3.63, 3.8) is 0 Å². The maximum atomic E-state index is 4.46. The lowest BCUT2D eigenvalue weighted by molar-refractivity contribution is -0.829. The van der Waals surface area contributed by atoms with Gasteiger partial charge in [0.15, 0.2) is 0 Å². The molecule has 0 amide bonds. The van der Waals surface area contributed by atoms with Crippen molar-refractivity contribution in [3.8, 4) is 0 Å². The van der Waals surface area contributed by atoms with Crippen molar-refractivity contribution < 1.29 is 4.90 Å². The topological polar surface area (TPSA) is 30.2 Å². The maximum absolute atomic E-state index is 4.46. The second-order valence-corrected chi connectivity index (χ2v) is 4.93. The lowest BCUT2D eigenvalue weighted by atomic mass is 10.3. The Balaban J connectivity index is 2.55. The van der Waals surface area contributed by atoms with Gasteiger partial charge in [-0.1, -0.05) is 6.92 Å². The standard InChI is InChI=1S/C12H17N3S/c1-4-9-7-10-11(15(5-2)6-3)13-8-14-12(10)16-9/h7-8H,4-6H2,1-3H3/p+1. The highest BCUT2D eigenvalue weighted by Crippen LogP contribution is 2.26. The van der Waals surface area contributed by atoms with Gasteiger partial charge in [-0.05, 0) is 26.3 Å². The van der Waals surface area contributed by atoms with Gasteiger partial charge in [0.2, 0.25) is 5.82 Å². The molecule has 2 aromatic heterocycles. The molecule has 0 bridgehead atoms. The highest BCUT2D eigenvalue weighted by atomic mass is 32.1. The van der Waals surface area contributed by atoms with Gasteiger partial charge >= 0.3 is 0 Å². The summed E-state index contributed by atoms with van der Waals surface area (Å²) in [5.74, 6) is 1.16. The molecule has 3 nitrogen and oxygen atoms in total. The lowest BCUT2D eigenvalue weighted by Gasteiger charge is -2.13. The van der Waals surface area contributed by atoms with Crippen LogP contribution < -0.4 is 4.90 Å². The molecule has 4 heteroatoms. The number of thiophene rings is 1. The van der Waals surface area contributed by atoms with Crippen LogP contribution in [0.15, 0.2) is 12.4 Å². The Morgan fingerprint density at radius 3 is 2.56 bits per heavy atom. The number of hydrogen-bond acceptors (Lipinski definition) is 3. The molecule has 0 aliphatic carbocycles. The van der Waals surface area contributed by atoms with Crippen molar-refractivity contribution in [1.82, 2.24) is 9.97 Å². The minimum Gasteiger partial charge on any atom is -0.286 e. The highest BCUT2D eigenvalue weighted by Gasteiger charge is 2.16. The van der Waals surface area contributed by atoms with Gasteiger partial charge in [0.25, 0.3) is 0 Å². The first-order chi connectivity index (χ1) is 7.80. The van der Waals surface area contributed by atoms with Gasteiger partial charge in [-0.3, -0.25) is 4.90 Å². The zero-order chi connectivity index (χ0) is 11.5. The van der Waals surface area contributed by atoms with E-state index < -0.39 is 0 Å².